The second-order valence-electron chi connectivity index (χ2n) is 7.95. The van der Waals surface area contributed by atoms with Crippen molar-refractivity contribution in [2.45, 2.75) is 13.5 Å². The highest BCUT2D eigenvalue weighted by molar-refractivity contribution is 5.75. The lowest BCUT2D eigenvalue weighted by molar-refractivity contribution is 0.414. The van der Waals surface area contributed by atoms with E-state index in [2.05, 4.69) is 15.3 Å². The van der Waals surface area contributed by atoms with Gasteiger partial charge in [0.05, 0.1) is 25.5 Å². The van der Waals surface area contributed by atoms with E-state index < -0.39 is 17.3 Å². The van der Waals surface area contributed by atoms with Crippen LogP contribution in [0.4, 0.5) is 20.4 Å². The fourth-order valence-corrected chi connectivity index (χ4v) is 3.91. The van der Waals surface area contributed by atoms with Crippen molar-refractivity contribution in [3.8, 4) is 11.4 Å². The van der Waals surface area contributed by atoms with Crippen molar-refractivity contribution in [1.82, 2.24) is 19.1 Å². The van der Waals surface area contributed by atoms with Crippen molar-refractivity contribution in [1.29, 1.82) is 0 Å². The summed E-state index contributed by atoms with van der Waals surface area (Å²) in [5, 5.41) is 3.17. The summed E-state index contributed by atoms with van der Waals surface area (Å²) in [7, 11) is 1.53. The van der Waals surface area contributed by atoms with E-state index in [1.165, 1.54) is 28.5 Å². The number of rotatable bonds is 6. The fraction of sp³-hybridized carbons (Fsp3) is 0.115. The third kappa shape index (κ3) is 4.12. The standard InChI is InChI=1S/C26H21F2N5O2.H2/c1-16-7-3-4-12-22(16)30-25-29-14-23-24(31-25)33(17-8-5-9-18(13-17)35-2)26(34)32(23)15-19-20(27)10-6-11-21(19)28;/h3-14H,15H2,1-2H3,(H,29,30,31);1H. The summed E-state index contributed by atoms with van der Waals surface area (Å²) in [6.07, 6.45) is 1.47. The van der Waals surface area contributed by atoms with Gasteiger partial charge >= 0.3 is 5.69 Å². The Balaban J connectivity index is 0.00000304. The SMILES string of the molecule is COc1cccc(-n2c(=O)n(Cc3c(F)cccc3F)c3cnc(Nc4ccccc4C)nc32)c1.[HH]. The molecule has 7 nitrogen and oxygen atoms in total. The highest BCUT2D eigenvalue weighted by Crippen LogP contribution is 2.24. The summed E-state index contributed by atoms with van der Waals surface area (Å²) in [6, 6.07) is 18.2. The van der Waals surface area contributed by atoms with E-state index in [1.807, 2.05) is 31.2 Å². The molecule has 0 unspecified atom stereocenters. The molecule has 0 atom stereocenters. The molecule has 0 aliphatic carbocycles. The molecule has 2 heterocycles. The first-order valence-corrected chi connectivity index (χ1v) is 10.8. The van der Waals surface area contributed by atoms with Gasteiger partial charge in [-0.3, -0.25) is 4.57 Å². The number of nitrogens with one attached hydrogen (secondary N) is 1. The highest BCUT2D eigenvalue weighted by atomic mass is 19.1. The lowest BCUT2D eigenvalue weighted by Crippen LogP contribution is -2.24. The molecule has 0 spiro atoms. The number of halogens is 2. The predicted octanol–water partition coefficient (Wildman–Crippen LogP) is 5.22. The number of methoxy groups -OCH3 is 1. The van der Waals surface area contributed by atoms with E-state index in [0.29, 0.717) is 17.0 Å². The highest BCUT2D eigenvalue weighted by Gasteiger charge is 2.20. The summed E-state index contributed by atoms with van der Waals surface area (Å²) in [5.74, 6) is -0.656. The van der Waals surface area contributed by atoms with Crippen LogP contribution in [0.15, 0.2) is 77.7 Å². The molecule has 1 N–H and O–H groups in total. The molecular weight excluding hydrogens is 452 g/mol. The average Bonchev–Trinajstić information content (AvgIpc) is 3.13. The minimum atomic E-state index is -0.738. The van der Waals surface area contributed by atoms with Gasteiger partial charge in [0.2, 0.25) is 5.95 Å². The first-order valence-electron chi connectivity index (χ1n) is 10.8. The molecular formula is C26H23F2N5O2. The van der Waals surface area contributed by atoms with E-state index in [1.54, 1.807) is 24.3 Å². The number of aromatic nitrogens is 4. The third-order valence-electron chi connectivity index (χ3n) is 5.76. The largest absolute Gasteiger partial charge is 0.497 e. The molecule has 0 fully saturated rings. The monoisotopic (exact) mass is 475 g/mol. The lowest BCUT2D eigenvalue weighted by atomic mass is 10.2. The van der Waals surface area contributed by atoms with E-state index in [0.717, 1.165) is 23.4 Å². The Labute approximate surface area is 200 Å². The normalized spacial score (nSPS) is 11.1. The Morgan fingerprint density at radius 2 is 1.77 bits per heavy atom. The zero-order valence-corrected chi connectivity index (χ0v) is 19.0. The van der Waals surface area contributed by atoms with E-state index >= 15 is 0 Å². The maximum atomic E-state index is 14.4. The summed E-state index contributed by atoms with van der Waals surface area (Å²) in [6.45, 7) is 1.63. The zero-order chi connectivity index (χ0) is 24.5. The van der Waals surface area contributed by atoms with Crippen LogP contribution in [0, 0.1) is 18.6 Å². The second kappa shape index (κ2) is 9.02. The Hall–Kier alpha value is -4.53. The van der Waals surface area contributed by atoms with Gasteiger partial charge in [-0.15, -0.1) is 0 Å². The molecule has 0 aliphatic heterocycles. The van der Waals surface area contributed by atoms with Crippen molar-refractivity contribution in [3.63, 3.8) is 0 Å². The number of fused-ring (bicyclic) bond motifs is 1. The molecule has 0 radical (unpaired) electrons. The number of nitrogens with zero attached hydrogens (tertiary/aromatic N) is 4. The Morgan fingerprint density at radius 3 is 2.51 bits per heavy atom. The smallest absolute Gasteiger partial charge is 0.335 e. The molecule has 178 valence electrons. The number of para-hydroxylation sites is 1. The topological polar surface area (TPSA) is 74.0 Å². The first kappa shape index (κ1) is 22.3. The van der Waals surface area contributed by atoms with Crippen LogP contribution >= 0.6 is 0 Å². The van der Waals surface area contributed by atoms with Crippen LogP contribution < -0.4 is 15.7 Å². The zero-order valence-electron chi connectivity index (χ0n) is 19.0. The molecule has 0 aliphatic rings. The number of hydrogen-bond donors (Lipinski definition) is 1. The molecule has 0 saturated heterocycles. The van der Waals surface area contributed by atoms with Gasteiger partial charge in [-0.25, -0.2) is 23.1 Å². The molecule has 5 rings (SSSR count). The minimum Gasteiger partial charge on any atom is -0.497 e. The average molecular weight is 475 g/mol. The van der Waals surface area contributed by atoms with E-state index in [9.17, 15) is 13.6 Å². The Morgan fingerprint density at radius 1 is 1.03 bits per heavy atom. The molecule has 3 aromatic carbocycles. The van der Waals surface area contributed by atoms with Crippen LogP contribution in [-0.4, -0.2) is 26.2 Å². The molecule has 35 heavy (non-hydrogen) atoms. The van der Waals surface area contributed by atoms with Gasteiger partial charge in [-0.05, 0) is 42.8 Å². The van der Waals surface area contributed by atoms with E-state index in [-0.39, 0.29) is 25.1 Å². The molecule has 9 heteroatoms. The fourth-order valence-electron chi connectivity index (χ4n) is 3.91. The maximum absolute atomic E-state index is 14.4. The molecule has 0 bridgehead atoms. The van der Waals surface area contributed by atoms with Crippen molar-refractivity contribution < 1.29 is 14.9 Å². The second-order valence-corrected chi connectivity index (χ2v) is 7.95. The molecule has 0 saturated carbocycles. The van der Waals surface area contributed by atoms with Crippen LogP contribution in [0.3, 0.4) is 0 Å². The number of hydrogen-bond acceptors (Lipinski definition) is 5. The quantitative estimate of drug-likeness (QED) is 0.365. The van der Waals surface area contributed by atoms with Gasteiger partial charge < -0.3 is 10.1 Å². The van der Waals surface area contributed by atoms with Crippen molar-refractivity contribution in [2.24, 2.45) is 0 Å². The number of aryl methyl sites for hydroxylation is 1. The number of imidazole rings is 1. The van der Waals surface area contributed by atoms with Crippen molar-refractivity contribution >= 4 is 22.8 Å². The van der Waals surface area contributed by atoms with Crippen LogP contribution in [-0.2, 0) is 6.54 Å². The van der Waals surface area contributed by atoms with Gasteiger partial charge in [0.25, 0.3) is 0 Å². The first-order chi connectivity index (χ1) is 17.0. The summed E-state index contributed by atoms with van der Waals surface area (Å²) >= 11 is 0. The van der Waals surface area contributed by atoms with Crippen LogP contribution in [0.5, 0.6) is 5.75 Å². The summed E-state index contributed by atoms with van der Waals surface area (Å²) < 4.78 is 36.8. The third-order valence-corrected chi connectivity index (χ3v) is 5.76. The number of anilines is 2. The van der Waals surface area contributed by atoms with Gasteiger partial charge in [0, 0.05) is 18.7 Å². The molecule has 5 aromatic rings. The minimum absolute atomic E-state index is 0. The van der Waals surface area contributed by atoms with Crippen molar-refractivity contribution in [2.75, 3.05) is 12.4 Å². The predicted molar refractivity (Wildman–Crippen MR) is 132 cm³/mol. The van der Waals surface area contributed by atoms with E-state index in [4.69, 9.17) is 4.74 Å². The van der Waals surface area contributed by atoms with Crippen LogP contribution in [0.2, 0.25) is 0 Å². The van der Waals surface area contributed by atoms with Crippen molar-refractivity contribution in [3.05, 3.63) is 106 Å². The van der Waals surface area contributed by atoms with Gasteiger partial charge in [-0.1, -0.05) is 30.3 Å². The Kier molecular flexibility index (Phi) is 5.74. The molecule has 0 amide bonds. The summed E-state index contributed by atoms with van der Waals surface area (Å²) in [5.41, 5.74) is 2.18. The van der Waals surface area contributed by atoms with Crippen LogP contribution in [0.1, 0.15) is 12.6 Å². The number of benzene rings is 3. The molecule has 2 aromatic heterocycles. The Bertz CT molecular complexity index is 1600. The van der Waals surface area contributed by atoms with Gasteiger partial charge in [-0.2, -0.15) is 4.98 Å². The number of ether oxygens (including phenoxy) is 1. The van der Waals surface area contributed by atoms with Gasteiger partial charge in [0.15, 0.2) is 5.65 Å². The maximum Gasteiger partial charge on any atom is 0.335 e. The lowest BCUT2D eigenvalue weighted by Gasteiger charge is -2.09. The summed E-state index contributed by atoms with van der Waals surface area (Å²) in [4.78, 5) is 22.6. The van der Waals surface area contributed by atoms with Crippen LogP contribution in [0.25, 0.3) is 16.9 Å². The van der Waals surface area contributed by atoms with Gasteiger partial charge in [0.1, 0.15) is 22.9 Å².